The van der Waals surface area contributed by atoms with Crippen LogP contribution in [0.5, 0.6) is 5.75 Å². The number of aromatic amines is 1. The Morgan fingerprint density at radius 3 is 2.82 bits per heavy atom. The maximum atomic E-state index is 12.3. The highest BCUT2D eigenvalue weighted by Gasteiger charge is 2.31. The van der Waals surface area contributed by atoms with Crippen molar-refractivity contribution >= 4 is 27.0 Å². The van der Waals surface area contributed by atoms with Gasteiger partial charge in [0.15, 0.2) is 0 Å². The maximum absolute atomic E-state index is 12.3. The topological polar surface area (TPSA) is 37.9 Å². The Morgan fingerprint density at radius 1 is 1.23 bits per heavy atom. The molecule has 2 heterocycles. The Labute approximate surface area is 132 Å². The summed E-state index contributed by atoms with van der Waals surface area (Å²) in [6, 6.07) is 7.79. The lowest BCUT2D eigenvalue weighted by Crippen LogP contribution is -2.17. The monoisotopic (exact) mass is 370 g/mol. The van der Waals surface area contributed by atoms with Crippen LogP contribution in [-0.4, -0.2) is 16.3 Å². The molecule has 7 heteroatoms. The van der Waals surface area contributed by atoms with Crippen molar-refractivity contribution in [2.75, 3.05) is 0 Å². The van der Waals surface area contributed by atoms with Crippen LogP contribution in [0.4, 0.5) is 13.2 Å². The molecule has 0 bridgehead atoms. The molecule has 0 amide bonds. The number of pyridine rings is 1. The lowest BCUT2D eigenvalue weighted by atomic mass is 10.1. The van der Waals surface area contributed by atoms with Gasteiger partial charge < -0.3 is 9.72 Å². The Kier molecular flexibility index (Phi) is 3.82. The predicted molar refractivity (Wildman–Crippen MR) is 79.7 cm³/mol. The van der Waals surface area contributed by atoms with E-state index in [9.17, 15) is 13.2 Å². The lowest BCUT2D eigenvalue weighted by Gasteiger charge is -2.10. The van der Waals surface area contributed by atoms with Crippen molar-refractivity contribution in [1.82, 2.24) is 9.97 Å². The molecule has 3 nitrogen and oxygen atoms in total. The Balaban J connectivity index is 1.91. The molecule has 0 unspecified atom stereocenters. The lowest BCUT2D eigenvalue weighted by molar-refractivity contribution is -0.274. The molecule has 114 valence electrons. The molecule has 2 aromatic heterocycles. The molecule has 0 atom stereocenters. The molecule has 0 fully saturated rings. The van der Waals surface area contributed by atoms with Gasteiger partial charge in [-0.3, -0.25) is 0 Å². The summed E-state index contributed by atoms with van der Waals surface area (Å²) < 4.78 is 41.6. The van der Waals surface area contributed by atoms with Gasteiger partial charge in [-0.25, -0.2) is 4.98 Å². The normalized spacial score (nSPS) is 11.8. The molecule has 3 rings (SSSR count). The summed E-state index contributed by atoms with van der Waals surface area (Å²) in [5, 5.41) is 0.921. The van der Waals surface area contributed by atoms with Crippen molar-refractivity contribution in [2.24, 2.45) is 0 Å². The third kappa shape index (κ3) is 3.24. The fourth-order valence-electron chi connectivity index (χ4n) is 2.29. The van der Waals surface area contributed by atoms with Gasteiger partial charge in [-0.2, -0.15) is 0 Å². The zero-order valence-electron chi connectivity index (χ0n) is 11.1. The van der Waals surface area contributed by atoms with Crippen molar-refractivity contribution in [2.45, 2.75) is 12.8 Å². The van der Waals surface area contributed by atoms with Gasteiger partial charge in [0.2, 0.25) is 0 Å². The van der Waals surface area contributed by atoms with E-state index in [1.54, 1.807) is 24.5 Å². The third-order valence-corrected chi connectivity index (χ3v) is 3.79. The third-order valence-electron chi connectivity index (χ3n) is 3.13. The molecule has 0 saturated carbocycles. The second kappa shape index (κ2) is 5.64. The Bertz CT molecular complexity index is 814. The molecule has 0 spiro atoms. The van der Waals surface area contributed by atoms with Crippen molar-refractivity contribution < 1.29 is 17.9 Å². The smallest absolute Gasteiger partial charge is 0.406 e. The van der Waals surface area contributed by atoms with Crippen LogP contribution in [0.1, 0.15) is 11.1 Å². The number of nitrogens with one attached hydrogen (secondary N) is 1. The Hall–Kier alpha value is -2.02. The molecule has 0 aliphatic carbocycles. The van der Waals surface area contributed by atoms with Gasteiger partial charge in [0.25, 0.3) is 0 Å². The first-order valence-corrected chi connectivity index (χ1v) is 7.17. The van der Waals surface area contributed by atoms with E-state index in [1.807, 2.05) is 6.07 Å². The van der Waals surface area contributed by atoms with Crippen LogP contribution in [-0.2, 0) is 6.42 Å². The van der Waals surface area contributed by atoms with Gasteiger partial charge in [0.05, 0.1) is 0 Å². The van der Waals surface area contributed by atoms with E-state index in [-0.39, 0.29) is 5.75 Å². The summed E-state index contributed by atoms with van der Waals surface area (Å²) >= 11 is 3.46. The summed E-state index contributed by atoms with van der Waals surface area (Å²) in [5.74, 6) is -0.220. The van der Waals surface area contributed by atoms with Crippen molar-refractivity contribution in [3.05, 3.63) is 58.3 Å². The van der Waals surface area contributed by atoms with E-state index in [4.69, 9.17) is 0 Å². The number of benzene rings is 1. The second-order valence-corrected chi connectivity index (χ2v) is 5.56. The number of hydrogen-bond acceptors (Lipinski definition) is 2. The summed E-state index contributed by atoms with van der Waals surface area (Å²) in [4.78, 5) is 7.26. The highest BCUT2D eigenvalue weighted by molar-refractivity contribution is 9.10. The van der Waals surface area contributed by atoms with E-state index >= 15 is 0 Å². The number of fused-ring (bicyclic) bond motifs is 1. The second-order valence-electron chi connectivity index (χ2n) is 4.70. The average molecular weight is 371 g/mol. The number of H-pyrrole nitrogens is 1. The quantitative estimate of drug-likeness (QED) is 0.717. The molecule has 1 N–H and O–H groups in total. The first-order valence-electron chi connectivity index (χ1n) is 6.37. The van der Waals surface area contributed by atoms with Crippen molar-refractivity contribution in [1.29, 1.82) is 0 Å². The van der Waals surface area contributed by atoms with Crippen LogP contribution in [0.2, 0.25) is 0 Å². The fraction of sp³-hybridized carbons (Fsp3) is 0.133. The van der Waals surface area contributed by atoms with Crippen LogP contribution < -0.4 is 4.74 Å². The standard InChI is InChI=1S/C15H10BrF3N2O/c16-12-4-5-20-14-13(12)10(8-21-14)6-9-2-1-3-11(7-9)22-15(17,18)19/h1-5,7-8H,6H2,(H,20,21). The van der Waals surface area contributed by atoms with Gasteiger partial charge in [0.1, 0.15) is 11.4 Å². The number of rotatable bonds is 3. The zero-order valence-corrected chi connectivity index (χ0v) is 12.7. The average Bonchev–Trinajstić information content (AvgIpc) is 2.82. The van der Waals surface area contributed by atoms with Crippen LogP contribution in [0.3, 0.4) is 0 Å². The highest BCUT2D eigenvalue weighted by Crippen LogP contribution is 2.29. The SMILES string of the molecule is FC(F)(F)Oc1cccc(Cc2c[nH]c3nccc(Br)c23)c1. The van der Waals surface area contributed by atoms with Gasteiger partial charge in [-0.1, -0.05) is 12.1 Å². The number of hydrogen-bond donors (Lipinski definition) is 1. The van der Waals surface area contributed by atoms with Crippen molar-refractivity contribution in [3.8, 4) is 5.75 Å². The van der Waals surface area contributed by atoms with Crippen molar-refractivity contribution in [3.63, 3.8) is 0 Å². The van der Waals surface area contributed by atoms with Gasteiger partial charge in [-0.05, 0) is 51.7 Å². The minimum atomic E-state index is -4.69. The first-order chi connectivity index (χ1) is 10.4. The van der Waals surface area contributed by atoms with E-state index < -0.39 is 6.36 Å². The van der Waals surface area contributed by atoms with Crippen LogP contribution in [0.25, 0.3) is 11.0 Å². The number of aromatic nitrogens is 2. The summed E-state index contributed by atoms with van der Waals surface area (Å²) in [6.45, 7) is 0. The molecule has 0 saturated heterocycles. The molecule has 22 heavy (non-hydrogen) atoms. The number of ether oxygens (including phenoxy) is 1. The summed E-state index contributed by atoms with van der Waals surface area (Å²) in [5.41, 5.74) is 2.39. The minimum Gasteiger partial charge on any atom is -0.406 e. The fourth-order valence-corrected chi connectivity index (χ4v) is 2.85. The maximum Gasteiger partial charge on any atom is 0.573 e. The largest absolute Gasteiger partial charge is 0.573 e. The van der Waals surface area contributed by atoms with Crippen LogP contribution >= 0.6 is 15.9 Å². The zero-order chi connectivity index (χ0) is 15.7. The Morgan fingerprint density at radius 2 is 2.05 bits per heavy atom. The number of halogens is 4. The highest BCUT2D eigenvalue weighted by atomic mass is 79.9. The van der Waals surface area contributed by atoms with Crippen LogP contribution in [0, 0.1) is 0 Å². The van der Waals surface area contributed by atoms with E-state index in [0.717, 1.165) is 26.6 Å². The van der Waals surface area contributed by atoms with Gasteiger partial charge in [-0.15, -0.1) is 13.2 Å². The van der Waals surface area contributed by atoms with E-state index in [0.29, 0.717) is 6.42 Å². The molecule has 3 aromatic rings. The number of nitrogens with zero attached hydrogens (tertiary/aromatic N) is 1. The molecule has 0 aliphatic rings. The van der Waals surface area contributed by atoms with E-state index in [2.05, 4.69) is 30.6 Å². The minimum absolute atomic E-state index is 0.220. The number of alkyl halides is 3. The summed E-state index contributed by atoms with van der Waals surface area (Å²) in [7, 11) is 0. The van der Waals surface area contributed by atoms with Gasteiger partial charge in [0, 0.05) is 22.3 Å². The predicted octanol–water partition coefficient (Wildman–Crippen LogP) is 4.81. The molecule has 0 radical (unpaired) electrons. The molecular weight excluding hydrogens is 361 g/mol. The summed E-state index contributed by atoms with van der Waals surface area (Å²) in [6.07, 6.45) is -0.740. The van der Waals surface area contributed by atoms with Gasteiger partial charge >= 0.3 is 6.36 Å². The first kappa shape index (κ1) is 14.9. The van der Waals surface area contributed by atoms with E-state index in [1.165, 1.54) is 12.1 Å². The van der Waals surface area contributed by atoms with Crippen LogP contribution in [0.15, 0.2) is 47.2 Å². The molecular formula is C15H10BrF3N2O. The molecule has 1 aromatic carbocycles. The molecule has 0 aliphatic heterocycles.